The molecule has 0 radical (unpaired) electrons. The van der Waals surface area contributed by atoms with Gasteiger partial charge in [-0.1, -0.05) is 6.07 Å². The molecule has 116 valence electrons. The van der Waals surface area contributed by atoms with Gasteiger partial charge in [0.15, 0.2) is 23.4 Å². The lowest BCUT2D eigenvalue weighted by Crippen LogP contribution is -2.65. The lowest BCUT2D eigenvalue weighted by atomic mass is 9.52. The zero-order valence-corrected chi connectivity index (χ0v) is 11.8. The fourth-order valence-corrected chi connectivity index (χ4v) is 4.68. The Bertz CT molecular complexity index is 991. The number of hydrogen-bond acceptors (Lipinski definition) is 4. The first-order valence-corrected chi connectivity index (χ1v) is 7.48. The standard InChI is InChI=1S/C18H21NO3/c1-19-8-7-18-11-4-5-13(20)17(18)22-16-14(21-2)6-3-10(15(16)18)9-12(11)19/h3,6,11-12,17H,4-5,7-9H2,1-2H3/t11-,12+,17?,18-/m0/s1/i1D3,2D3,9D2,11D. The largest absolute Gasteiger partial charge is 0.493 e. The van der Waals surface area contributed by atoms with Crippen molar-refractivity contribution in [3.05, 3.63) is 23.3 Å². The van der Waals surface area contributed by atoms with Gasteiger partial charge in [-0.3, -0.25) is 4.79 Å². The number of nitrogens with zero attached hydrogens (tertiary/aromatic N) is 1. The minimum Gasteiger partial charge on any atom is -0.493 e. The Hall–Kier alpha value is -1.55. The SMILES string of the molecule is [2H]C([2H])([2H])Oc1ccc2c3c1OC1C(=O)CC[C@@]4([2H])[C@H](N(C([2H])([2H])[2H])CC[C@]314)C2([2H])[2H]. The average Bonchev–Trinajstić information content (AvgIpc) is 2.96. The third-order valence-corrected chi connectivity index (χ3v) is 5.55. The summed E-state index contributed by atoms with van der Waals surface area (Å²) in [5.41, 5.74) is -0.854. The van der Waals surface area contributed by atoms with Gasteiger partial charge < -0.3 is 14.4 Å². The molecule has 0 aromatic heterocycles. The van der Waals surface area contributed by atoms with Crippen molar-refractivity contribution in [1.82, 2.24) is 4.90 Å². The van der Waals surface area contributed by atoms with E-state index < -0.39 is 43.8 Å². The number of carbonyl (C=O) groups excluding carboxylic acids is 1. The number of ether oxygens (including phenoxy) is 2. The Morgan fingerprint density at radius 1 is 1.59 bits per heavy atom. The molecule has 4 aliphatic rings. The van der Waals surface area contributed by atoms with Crippen molar-refractivity contribution in [3.63, 3.8) is 0 Å². The molecule has 4 atom stereocenters. The van der Waals surface area contributed by atoms with Crippen molar-refractivity contribution >= 4 is 5.78 Å². The molecule has 2 fully saturated rings. The first-order chi connectivity index (χ1) is 14.1. The highest BCUT2D eigenvalue weighted by Gasteiger charge is 2.65. The van der Waals surface area contributed by atoms with E-state index in [9.17, 15) is 6.17 Å². The summed E-state index contributed by atoms with van der Waals surface area (Å²) in [4.78, 5) is 14.0. The van der Waals surface area contributed by atoms with Crippen LogP contribution in [-0.4, -0.2) is 43.4 Å². The van der Waals surface area contributed by atoms with Crippen molar-refractivity contribution in [2.24, 2.45) is 5.89 Å². The number of likely N-dealkylation sites (tertiary alicyclic amines) is 1. The van der Waals surface area contributed by atoms with Crippen LogP contribution in [0.5, 0.6) is 11.5 Å². The number of benzene rings is 1. The van der Waals surface area contributed by atoms with Crippen molar-refractivity contribution < 1.29 is 26.6 Å². The number of piperidine rings is 1. The van der Waals surface area contributed by atoms with Crippen LogP contribution in [0.25, 0.3) is 0 Å². The van der Waals surface area contributed by atoms with Gasteiger partial charge in [-0.2, -0.15) is 0 Å². The van der Waals surface area contributed by atoms with Crippen LogP contribution >= 0.6 is 0 Å². The highest BCUT2D eigenvalue weighted by atomic mass is 16.5. The zero-order valence-electron chi connectivity index (χ0n) is 20.8. The van der Waals surface area contributed by atoms with Gasteiger partial charge in [0.2, 0.25) is 0 Å². The molecule has 1 aromatic rings. The molecule has 4 heteroatoms. The second-order valence-electron chi connectivity index (χ2n) is 6.37. The molecule has 1 aromatic carbocycles. The Balaban J connectivity index is 1.83. The summed E-state index contributed by atoms with van der Waals surface area (Å²) < 4.78 is 84.6. The monoisotopic (exact) mass is 308 g/mol. The quantitative estimate of drug-likeness (QED) is 0.795. The van der Waals surface area contributed by atoms with E-state index in [2.05, 4.69) is 0 Å². The lowest BCUT2D eigenvalue weighted by Gasteiger charge is -2.57. The van der Waals surface area contributed by atoms with Gasteiger partial charge in [0.25, 0.3) is 0 Å². The molecular formula is C18H21NO3. The predicted octanol–water partition coefficient (Wildman–Crippen LogP) is 1.93. The summed E-state index contributed by atoms with van der Waals surface area (Å²) >= 11 is 0. The van der Waals surface area contributed by atoms with Crippen LogP contribution in [0.3, 0.4) is 0 Å². The van der Waals surface area contributed by atoms with E-state index in [1.54, 1.807) is 0 Å². The fraction of sp³-hybridized carbons (Fsp3) is 0.611. The third-order valence-electron chi connectivity index (χ3n) is 5.55. The van der Waals surface area contributed by atoms with Crippen molar-refractivity contribution in [2.45, 2.75) is 43.2 Å². The number of carbonyl (C=O) groups is 1. The molecular weight excluding hydrogens is 278 g/mol. The van der Waals surface area contributed by atoms with E-state index in [0.717, 1.165) is 4.90 Å². The third kappa shape index (κ3) is 1.27. The van der Waals surface area contributed by atoms with Crippen LogP contribution in [0.2, 0.25) is 0 Å². The van der Waals surface area contributed by atoms with E-state index in [0.29, 0.717) is 0 Å². The molecule has 2 heterocycles. The van der Waals surface area contributed by atoms with Crippen LogP contribution in [-0.2, 0) is 16.6 Å². The minimum atomic E-state index is -2.79. The average molecular weight is 308 g/mol. The minimum absolute atomic E-state index is 0.00825. The van der Waals surface area contributed by atoms with E-state index in [-0.39, 0.29) is 54.2 Å². The molecule has 1 spiro atoms. The smallest absolute Gasteiger partial charge is 0.174 e. The van der Waals surface area contributed by atoms with E-state index in [1.165, 1.54) is 12.1 Å². The number of rotatable bonds is 1. The molecule has 4 nitrogen and oxygen atoms in total. The highest BCUT2D eigenvalue weighted by molar-refractivity contribution is 5.89. The van der Waals surface area contributed by atoms with Gasteiger partial charge in [-0.15, -0.1) is 0 Å². The Labute approximate surface area is 143 Å². The molecule has 22 heavy (non-hydrogen) atoms. The van der Waals surface area contributed by atoms with Crippen LogP contribution in [0.15, 0.2) is 12.1 Å². The van der Waals surface area contributed by atoms with Gasteiger partial charge >= 0.3 is 0 Å². The maximum Gasteiger partial charge on any atom is 0.174 e. The number of Topliss-reactive ketones (excluding diaryl/α,β-unsaturated/α-hetero) is 1. The van der Waals surface area contributed by atoms with Crippen LogP contribution in [0, 0.1) is 5.89 Å². The number of methoxy groups -OCH3 is 1. The van der Waals surface area contributed by atoms with Crippen LogP contribution in [0.4, 0.5) is 0 Å². The molecule has 0 N–H and O–H groups in total. The summed E-state index contributed by atoms with van der Waals surface area (Å²) in [5.74, 6) is -2.06. The van der Waals surface area contributed by atoms with Crippen LogP contribution < -0.4 is 9.47 Å². The summed E-state index contributed by atoms with van der Waals surface area (Å²) in [6.07, 6.45) is -3.30. The van der Waals surface area contributed by atoms with E-state index >= 15 is 0 Å². The summed E-state index contributed by atoms with van der Waals surface area (Å²) in [6, 6.07) is 1.33. The van der Waals surface area contributed by atoms with Gasteiger partial charge in [0.1, 0.15) is 0 Å². The van der Waals surface area contributed by atoms with E-state index in [1.807, 2.05) is 0 Å². The predicted molar refractivity (Wildman–Crippen MR) is 81.6 cm³/mol. The van der Waals surface area contributed by atoms with Gasteiger partial charge in [0, 0.05) is 31.7 Å². The molecule has 1 unspecified atom stereocenters. The number of hydrogen-bond donors (Lipinski definition) is 0. The molecule has 2 aliphatic carbocycles. The number of ketones is 1. The summed E-state index contributed by atoms with van der Waals surface area (Å²) in [5, 5.41) is 0. The first-order valence-electron chi connectivity index (χ1n) is 12.0. The lowest BCUT2D eigenvalue weighted by molar-refractivity contribution is -0.138. The summed E-state index contributed by atoms with van der Waals surface area (Å²) in [6.45, 7) is -2.66. The maximum atomic E-state index is 12.9. The van der Waals surface area contributed by atoms with Crippen LogP contribution in [0.1, 0.15) is 42.7 Å². The molecule has 1 saturated carbocycles. The number of likely N-dealkylation sites (N-methyl/N-ethyl adjacent to an activating group) is 1. The maximum absolute atomic E-state index is 12.9. The first kappa shape index (κ1) is 6.91. The van der Waals surface area contributed by atoms with Crippen molar-refractivity contribution in [3.8, 4) is 11.5 Å². The van der Waals surface area contributed by atoms with E-state index in [4.69, 9.17) is 20.4 Å². The molecule has 2 aliphatic heterocycles. The summed E-state index contributed by atoms with van der Waals surface area (Å²) in [7, 11) is -2.79. The Kier molecular flexibility index (Phi) is 1.27. The second-order valence-corrected chi connectivity index (χ2v) is 6.37. The second kappa shape index (κ2) is 4.05. The van der Waals surface area contributed by atoms with Gasteiger partial charge in [-0.05, 0) is 50.3 Å². The molecule has 2 bridgehead atoms. The Morgan fingerprint density at radius 2 is 2.55 bits per heavy atom. The normalized spacial score (nSPS) is 51.3. The molecule has 5 rings (SSSR count). The van der Waals surface area contributed by atoms with Gasteiger partial charge in [-0.25, -0.2) is 0 Å². The molecule has 1 saturated heterocycles. The fourth-order valence-electron chi connectivity index (χ4n) is 4.68. The van der Waals surface area contributed by atoms with Crippen molar-refractivity contribution in [2.75, 3.05) is 20.6 Å². The topological polar surface area (TPSA) is 38.8 Å². The zero-order chi connectivity index (χ0) is 22.8. The molecule has 0 amide bonds. The Morgan fingerprint density at radius 3 is 3.41 bits per heavy atom. The van der Waals surface area contributed by atoms with Gasteiger partial charge in [0.05, 0.1) is 11.2 Å². The van der Waals surface area contributed by atoms with Crippen molar-refractivity contribution in [1.29, 1.82) is 0 Å². The highest BCUT2D eigenvalue weighted by Crippen LogP contribution is 2.62.